The fourth-order valence-corrected chi connectivity index (χ4v) is 3.64. The van der Waals surface area contributed by atoms with Crippen LogP contribution >= 0.6 is 11.3 Å². The van der Waals surface area contributed by atoms with E-state index in [-0.39, 0.29) is 0 Å². The van der Waals surface area contributed by atoms with E-state index in [1.54, 1.807) is 0 Å². The largest absolute Gasteiger partial charge is 0.313 e. The molecule has 0 saturated heterocycles. The Morgan fingerprint density at radius 2 is 2.17 bits per heavy atom. The maximum atomic E-state index is 3.74. The third-order valence-electron chi connectivity index (χ3n) is 3.85. The van der Waals surface area contributed by atoms with Crippen LogP contribution in [0.5, 0.6) is 0 Å². The van der Waals surface area contributed by atoms with Gasteiger partial charge in [-0.3, -0.25) is 0 Å². The first-order valence-corrected chi connectivity index (χ1v) is 7.95. The van der Waals surface area contributed by atoms with Crippen molar-refractivity contribution in [1.29, 1.82) is 0 Å². The van der Waals surface area contributed by atoms with Gasteiger partial charge in [-0.25, -0.2) is 0 Å². The molecule has 2 heteroatoms. The van der Waals surface area contributed by atoms with Crippen LogP contribution in [0.25, 0.3) is 10.1 Å². The van der Waals surface area contributed by atoms with Crippen molar-refractivity contribution in [3.63, 3.8) is 0 Å². The average molecular weight is 259 g/mol. The minimum atomic E-state index is 0.697. The summed E-state index contributed by atoms with van der Waals surface area (Å²) in [6.45, 7) is 3.40. The van der Waals surface area contributed by atoms with Gasteiger partial charge < -0.3 is 5.32 Å². The molecular weight excluding hydrogens is 238 g/mol. The maximum absolute atomic E-state index is 3.74. The second-order valence-corrected chi connectivity index (χ2v) is 6.27. The van der Waals surface area contributed by atoms with Crippen molar-refractivity contribution in [3.05, 3.63) is 35.2 Å². The minimum Gasteiger partial charge on any atom is -0.313 e. The number of hydrogen-bond donors (Lipinski definition) is 1. The number of rotatable bonds is 6. The molecule has 2 aromatic rings. The molecule has 18 heavy (non-hydrogen) atoms. The first-order valence-electron chi connectivity index (χ1n) is 7.07. The van der Waals surface area contributed by atoms with Crippen molar-refractivity contribution < 1.29 is 0 Å². The lowest BCUT2D eigenvalue weighted by Crippen LogP contribution is -2.33. The van der Waals surface area contributed by atoms with E-state index in [1.165, 1.54) is 41.3 Å². The lowest BCUT2D eigenvalue weighted by molar-refractivity contribution is 0.461. The molecule has 1 saturated carbocycles. The molecule has 1 aromatic heterocycles. The molecule has 1 N–H and O–H groups in total. The summed E-state index contributed by atoms with van der Waals surface area (Å²) in [5.41, 5.74) is 1.54. The van der Waals surface area contributed by atoms with Gasteiger partial charge in [-0.2, -0.15) is 0 Å². The third kappa shape index (κ3) is 2.60. The van der Waals surface area contributed by atoms with Crippen LogP contribution in [0.15, 0.2) is 29.6 Å². The van der Waals surface area contributed by atoms with E-state index < -0.39 is 0 Å². The van der Waals surface area contributed by atoms with Gasteiger partial charge in [0.2, 0.25) is 0 Å². The number of nitrogens with one attached hydrogen (secondary N) is 1. The molecule has 1 atom stereocenters. The van der Waals surface area contributed by atoms with Gasteiger partial charge in [0.05, 0.1) is 0 Å². The first-order chi connectivity index (χ1) is 8.88. The predicted octanol–water partition coefficient (Wildman–Crippen LogP) is 4.22. The van der Waals surface area contributed by atoms with E-state index >= 15 is 0 Å². The summed E-state index contributed by atoms with van der Waals surface area (Å²) in [6.07, 6.45) is 5.27. The SMILES string of the molecule is CCCNC(Cc1csc2ccccc12)C1CC1. The molecule has 0 amide bonds. The molecule has 3 rings (SSSR count). The number of benzene rings is 1. The number of fused-ring (bicyclic) bond motifs is 1. The summed E-state index contributed by atoms with van der Waals surface area (Å²) in [5.74, 6) is 0.926. The second kappa shape index (κ2) is 5.41. The van der Waals surface area contributed by atoms with E-state index in [0.717, 1.165) is 12.5 Å². The molecule has 1 aromatic carbocycles. The van der Waals surface area contributed by atoms with Crippen molar-refractivity contribution in [3.8, 4) is 0 Å². The van der Waals surface area contributed by atoms with Crippen LogP contribution in [-0.2, 0) is 6.42 Å². The number of hydrogen-bond acceptors (Lipinski definition) is 2. The third-order valence-corrected chi connectivity index (χ3v) is 4.86. The van der Waals surface area contributed by atoms with E-state index in [4.69, 9.17) is 0 Å². The van der Waals surface area contributed by atoms with E-state index in [0.29, 0.717) is 6.04 Å². The van der Waals surface area contributed by atoms with Crippen LogP contribution in [0.4, 0.5) is 0 Å². The maximum Gasteiger partial charge on any atom is 0.0345 e. The highest BCUT2D eigenvalue weighted by molar-refractivity contribution is 7.17. The number of thiophene rings is 1. The molecule has 1 aliphatic rings. The Balaban J connectivity index is 1.77. The smallest absolute Gasteiger partial charge is 0.0345 e. The Hall–Kier alpha value is -0.860. The highest BCUT2D eigenvalue weighted by Crippen LogP contribution is 2.36. The Labute approximate surface area is 113 Å². The van der Waals surface area contributed by atoms with Gasteiger partial charge in [-0.1, -0.05) is 25.1 Å². The summed E-state index contributed by atoms with van der Waals surface area (Å²) >= 11 is 1.88. The van der Waals surface area contributed by atoms with Crippen LogP contribution in [-0.4, -0.2) is 12.6 Å². The Morgan fingerprint density at radius 1 is 1.33 bits per heavy atom. The topological polar surface area (TPSA) is 12.0 Å². The Bertz CT molecular complexity index is 513. The lowest BCUT2D eigenvalue weighted by Gasteiger charge is -2.17. The van der Waals surface area contributed by atoms with Gasteiger partial charge in [0.1, 0.15) is 0 Å². The van der Waals surface area contributed by atoms with Crippen molar-refractivity contribution in [1.82, 2.24) is 5.32 Å². The standard InChI is InChI=1S/C16H21NS/c1-2-9-17-15(12-7-8-12)10-13-11-18-16-6-4-3-5-14(13)16/h3-6,11-12,15,17H,2,7-10H2,1H3. The monoisotopic (exact) mass is 259 g/mol. The summed E-state index contributed by atoms with van der Waals surface area (Å²) in [4.78, 5) is 0. The zero-order chi connectivity index (χ0) is 12.4. The van der Waals surface area contributed by atoms with Gasteiger partial charge in [-0.05, 0) is 60.5 Å². The molecule has 1 aliphatic carbocycles. The Morgan fingerprint density at radius 3 is 2.94 bits per heavy atom. The molecule has 1 heterocycles. The summed E-state index contributed by atoms with van der Waals surface area (Å²) < 4.78 is 1.43. The van der Waals surface area contributed by atoms with Gasteiger partial charge in [0, 0.05) is 10.7 Å². The van der Waals surface area contributed by atoms with Crippen molar-refractivity contribution in [2.24, 2.45) is 5.92 Å². The van der Waals surface area contributed by atoms with E-state index in [2.05, 4.69) is 41.9 Å². The van der Waals surface area contributed by atoms with Crippen LogP contribution in [0.2, 0.25) is 0 Å². The quantitative estimate of drug-likeness (QED) is 0.819. The first kappa shape index (κ1) is 12.2. The highest BCUT2D eigenvalue weighted by atomic mass is 32.1. The zero-order valence-electron chi connectivity index (χ0n) is 11.0. The van der Waals surface area contributed by atoms with E-state index in [1.807, 2.05) is 11.3 Å². The molecule has 96 valence electrons. The van der Waals surface area contributed by atoms with Crippen molar-refractivity contribution in [2.45, 2.75) is 38.6 Å². The van der Waals surface area contributed by atoms with Gasteiger partial charge in [0.25, 0.3) is 0 Å². The fraction of sp³-hybridized carbons (Fsp3) is 0.500. The van der Waals surface area contributed by atoms with Crippen LogP contribution in [0.1, 0.15) is 31.7 Å². The lowest BCUT2D eigenvalue weighted by atomic mass is 10.0. The van der Waals surface area contributed by atoms with Gasteiger partial charge in [0.15, 0.2) is 0 Å². The van der Waals surface area contributed by atoms with Gasteiger partial charge >= 0.3 is 0 Å². The summed E-state index contributed by atoms with van der Waals surface area (Å²) in [7, 11) is 0. The van der Waals surface area contributed by atoms with Crippen LogP contribution in [0.3, 0.4) is 0 Å². The van der Waals surface area contributed by atoms with Crippen molar-refractivity contribution >= 4 is 21.4 Å². The second-order valence-electron chi connectivity index (χ2n) is 5.36. The van der Waals surface area contributed by atoms with Crippen LogP contribution < -0.4 is 5.32 Å². The molecule has 1 nitrogen and oxygen atoms in total. The van der Waals surface area contributed by atoms with E-state index in [9.17, 15) is 0 Å². The molecular formula is C16H21NS. The van der Waals surface area contributed by atoms with Gasteiger partial charge in [-0.15, -0.1) is 11.3 Å². The van der Waals surface area contributed by atoms with Crippen LogP contribution in [0, 0.1) is 5.92 Å². The fourth-order valence-electron chi connectivity index (χ4n) is 2.66. The Kier molecular flexibility index (Phi) is 3.67. The predicted molar refractivity (Wildman–Crippen MR) is 80.3 cm³/mol. The average Bonchev–Trinajstić information content (AvgIpc) is 3.17. The van der Waals surface area contributed by atoms with Crippen molar-refractivity contribution in [2.75, 3.05) is 6.54 Å². The molecule has 1 fully saturated rings. The minimum absolute atomic E-state index is 0.697. The molecule has 1 unspecified atom stereocenters. The zero-order valence-corrected chi connectivity index (χ0v) is 11.8. The summed E-state index contributed by atoms with van der Waals surface area (Å²) in [5, 5.41) is 7.56. The molecule has 0 bridgehead atoms. The molecule has 0 aliphatic heterocycles. The highest BCUT2D eigenvalue weighted by Gasteiger charge is 2.31. The summed E-state index contributed by atoms with van der Waals surface area (Å²) in [6, 6.07) is 9.49. The molecule has 0 radical (unpaired) electrons. The normalized spacial score (nSPS) is 17.2. The molecule has 0 spiro atoms.